The van der Waals surface area contributed by atoms with Gasteiger partial charge in [0.15, 0.2) is 5.78 Å². The maximum Gasteiger partial charge on any atom is 0.158 e. The first-order valence-electron chi connectivity index (χ1n) is 9.99. The van der Waals surface area contributed by atoms with Crippen LogP contribution in [-0.4, -0.2) is 17.5 Å². The Morgan fingerprint density at radius 1 is 0.667 bits per heavy atom. The summed E-state index contributed by atoms with van der Waals surface area (Å²) in [5.74, 6) is -0.0150. The predicted octanol–water partition coefficient (Wildman–Crippen LogP) is 5.86. The standard InChI is InChI=1S/C22H36O2/c23-20-22(24)19-15-10-8-6-4-2-1-3-5-7-9-12-16-21-17-13-11-14-18-21/h11,13-14,17-18,23H,1-10,12,15-16,19-20H2. The molecule has 1 aromatic rings. The number of rotatable bonds is 16. The number of aliphatic hydroxyl groups excluding tert-OH is 1. The summed E-state index contributed by atoms with van der Waals surface area (Å²) >= 11 is 0. The van der Waals surface area contributed by atoms with Crippen molar-refractivity contribution in [3.05, 3.63) is 35.9 Å². The molecule has 1 N–H and O–H groups in total. The first-order chi connectivity index (χ1) is 11.8. The average molecular weight is 333 g/mol. The van der Waals surface area contributed by atoms with Crippen LogP contribution in [0.3, 0.4) is 0 Å². The van der Waals surface area contributed by atoms with E-state index in [-0.39, 0.29) is 12.4 Å². The summed E-state index contributed by atoms with van der Waals surface area (Å²) in [4.78, 5) is 10.9. The zero-order valence-electron chi connectivity index (χ0n) is 15.3. The number of ketones is 1. The highest BCUT2D eigenvalue weighted by molar-refractivity contribution is 5.79. The van der Waals surface area contributed by atoms with Crippen molar-refractivity contribution in [2.75, 3.05) is 6.61 Å². The van der Waals surface area contributed by atoms with Gasteiger partial charge in [-0.25, -0.2) is 0 Å². The molecule has 0 unspecified atom stereocenters. The van der Waals surface area contributed by atoms with Gasteiger partial charge in [0.1, 0.15) is 6.61 Å². The monoisotopic (exact) mass is 332 g/mol. The SMILES string of the molecule is O=C(CO)CCCCCCCCCCCCCCc1ccccc1. The average Bonchev–Trinajstić information content (AvgIpc) is 2.62. The van der Waals surface area contributed by atoms with Crippen molar-refractivity contribution >= 4 is 5.78 Å². The second-order valence-corrected chi connectivity index (χ2v) is 6.93. The van der Waals surface area contributed by atoms with Crippen LogP contribution in [0.2, 0.25) is 0 Å². The Kier molecular flexibility index (Phi) is 13.4. The van der Waals surface area contributed by atoms with Gasteiger partial charge in [0.2, 0.25) is 0 Å². The number of aryl methyl sites for hydroxylation is 1. The molecule has 1 rings (SSSR count). The van der Waals surface area contributed by atoms with E-state index in [4.69, 9.17) is 5.11 Å². The van der Waals surface area contributed by atoms with E-state index in [1.54, 1.807) is 0 Å². The summed E-state index contributed by atoms with van der Waals surface area (Å²) < 4.78 is 0. The molecule has 0 bridgehead atoms. The molecule has 24 heavy (non-hydrogen) atoms. The zero-order chi connectivity index (χ0) is 17.3. The van der Waals surface area contributed by atoms with Crippen molar-refractivity contribution in [1.29, 1.82) is 0 Å². The molecule has 2 heteroatoms. The minimum Gasteiger partial charge on any atom is -0.389 e. The minimum atomic E-state index is -0.285. The van der Waals surface area contributed by atoms with Gasteiger partial charge in [0, 0.05) is 6.42 Å². The van der Waals surface area contributed by atoms with E-state index in [0.29, 0.717) is 6.42 Å². The molecule has 0 fully saturated rings. The molecule has 0 amide bonds. The number of hydrogen-bond donors (Lipinski definition) is 1. The Hall–Kier alpha value is -1.15. The molecule has 0 saturated carbocycles. The van der Waals surface area contributed by atoms with Crippen LogP contribution in [0.15, 0.2) is 30.3 Å². The van der Waals surface area contributed by atoms with Gasteiger partial charge in [-0.1, -0.05) is 94.5 Å². The second-order valence-electron chi connectivity index (χ2n) is 6.93. The summed E-state index contributed by atoms with van der Waals surface area (Å²) in [7, 11) is 0. The molecule has 0 saturated heterocycles. The maximum absolute atomic E-state index is 10.9. The van der Waals surface area contributed by atoms with Crippen molar-refractivity contribution in [2.45, 2.75) is 89.9 Å². The summed E-state index contributed by atoms with van der Waals surface area (Å²) in [5, 5.41) is 8.63. The summed E-state index contributed by atoms with van der Waals surface area (Å²) in [6.07, 6.45) is 17.3. The minimum absolute atomic E-state index is 0.0150. The Morgan fingerprint density at radius 3 is 1.62 bits per heavy atom. The molecule has 0 heterocycles. The molecule has 0 aromatic heterocycles. The van der Waals surface area contributed by atoms with E-state index in [9.17, 15) is 4.79 Å². The number of unbranched alkanes of at least 4 members (excludes halogenated alkanes) is 11. The molecular formula is C22H36O2. The lowest BCUT2D eigenvalue weighted by Crippen LogP contribution is -2.02. The predicted molar refractivity (Wildman–Crippen MR) is 102 cm³/mol. The van der Waals surface area contributed by atoms with Crippen LogP contribution < -0.4 is 0 Å². The number of aliphatic hydroxyl groups is 1. The van der Waals surface area contributed by atoms with Crippen molar-refractivity contribution < 1.29 is 9.90 Å². The lowest BCUT2D eigenvalue weighted by Gasteiger charge is -2.03. The largest absolute Gasteiger partial charge is 0.389 e. The maximum atomic E-state index is 10.9. The van der Waals surface area contributed by atoms with E-state index in [1.807, 2.05) is 0 Å². The van der Waals surface area contributed by atoms with E-state index in [0.717, 1.165) is 12.8 Å². The molecule has 0 radical (unpaired) electrons. The van der Waals surface area contributed by atoms with Crippen molar-refractivity contribution in [3.63, 3.8) is 0 Å². The molecule has 1 aromatic carbocycles. The van der Waals surface area contributed by atoms with Crippen LogP contribution in [0.25, 0.3) is 0 Å². The van der Waals surface area contributed by atoms with E-state index >= 15 is 0 Å². The topological polar surface area (TPSA) is 37.3 Å². The van der Waals surface area contributed by atoms with E-state index < -0.39 is 0 Å². The van der Waals surface area contributed by atoms with Gasteiger partial charge >= 0.3 is 0 Å². The summed E-state index contributed by atoms with van der Waals surface area (Å²) in [5.41, 5.74) is 1.47. The fourth-order valence-corrected chi connectivity index (χ4v) is 3.14. The third-order valence-electron chi connectivity index (χ3n) is 4.69. The Balaban J connectivity index is 1.74. The lowest BCUT2D eigenvalue weighted by molar-refractivity contribution is -0.121. The highest BCUT2D eigenvalue weighted by Crippen LogP contribution is 2.13. The molecule has 0 spiro atoms. The van der Waals surface area contributed by atoms with Crippen molar-refractivity contribution in [3.8, 4) is 0 Å². The molecule has 0 aliphatic heterocycles. The first kappa shape index (κ1) is 20.9. The third kappa shape index (κ3) is 12.3. The van der Waals surface area contributed by atoms with Gasteiger partial charge in [-0.2, -0.15) is 0 Å². The highest BCUT2D eigenvalue weighted by atomic mass is 16.3. The second kappa shape index (κ2) is 15.4. The van der Waals surface area contributed by atoms with Gasteiger partial charge in [-0.3, -0.25) is 4.79 Å². The number of benzene rings is 1. The smallest absolute Gasteiger partial charge is 0.158 e. The van der Waals surface area contributed by atoms with Crippen molar-refractivity contribution in [1.82, 2.24) is 0 Å². The molecule has 136 valence electrons. The van der Waals surface area contributed by atoms with Gasteiger partial charge in [0.05, 0.1) is 0 Å². The van der Waals surface area contributed by atoms with Gasteiger partial charge in [-0.15, -0.1) is 0 Å². The van der Waals surface area contributed by atoms with Gasteiger partial charge in [-0.05, 0) is 24.8 Å². The Labute approximate surface area is 148 Å². The van der Waals surface area contributed by atoms with Gasteiger partial charge in [0.25, 0.3) is 0 Å². The lowest BCUT2D eigenvalue weighted by atomic mass is 10.0. The quantitative estimate of drug-likeness (QED) is 0.385. The number of carbonyl (C=O) groups is 1. The van der Waals surface area contributed by atoms with Crippen LogP contribution in [0.4, 0.5) is 0 Å². The van der Waals surface area contributed by atoms with Crippen molar-refractivity contribution in [2.24, 2.45) is 0 Å². The highest BCUT2D eigenvalue weighted by Gasteiger charge is 1.99. The Morgan fingerprint density at radius 2 is 1.12 bits per heavy atom. The third-order valence-corrected chi connectivity index (χ3v) is 4.69. The van der Waals surface area contributed by atoms with Crippen LogP contribution in [0.1, 0.15) is 89.0 Å². The van der Waals surface area contributed by atoms with E-state index in [2.05, 4.69) is 30.3 Å². The summed E-state index contributed by atoms with van der Waals surface area (Å²) in [6, 6.07) is 10.8. The zero-order valence-corrected chi connectivity index (χ0v) is 15.3. The number of carbonyl (C=O) groups excluding carboxylic acids is 1. The Bertz CT molecular complexity index is 400. The molecule has 0 aliphatic rings. The van der Waals surface area contributed by atoms with Crippen LogP contribution in [0, 0.1) is 0 Å². The number of hydrogen-bond acceptors (Lipinski definition) is 2. The molecule has 2 nitrogen and oxygen atoms in total. The fraction of sp³-hybridized carbons (Fsp3) is 0.682. The fourth-order valence-electron chi connectivity index (χ4n) is 3.14. The molecular weight excluding hydrogens is 296 g/mol. The molecule has 0 atom stereocenters. The first-order valence-corrected chi connectivity index (χ1v) is 9.99. The van der Waals surface area contributed by atoms with Crippen LogP contribution in [-0.2, 0) is 11.2 Å². The van der Waals surface area contributed by atoms with Crippen LogP contribution >= 0.6 is 0 Å². The van der Waals surface area contributed by atoms with Crippen LogP contribution in [0.5, 0.6) is 0 Å². The molecule has 0 aliphatic carbocycles. The van der Waals surface area contributed by atoms with E-state index in [1.165, 1.54) is 76.2 Å². The normalized spacial score (nSPS) is 10.9. The number of Topliss-reactive ketones (excluding diaryl/α,β-unsaturated/α-hetero) is 1. The summed E-state index contributed by atoms with van der Waals surface area (Å²) in [6.45, 7) is -0.285. The van der Waals surface area contributed by atoms with Gasteiger partial charge < -0.3 is 5.11 Å².